The van der Waals surface area contributed by atoms with Gasteiger partial charge in [0.05, 0.1) is 4.90 Å². The van der Waals surface area contributed by atoms with E-state index in [9.17, 15) is 17.6 Å². The Hall–Kier alpha value is -2.29. The number of nitrogens with zero attached hydrogens (tertiary/aromatic N) is 1. The molecule has 180 valence electrons. The Bertz CT molecular complexity index is 1020. The number of amides is 1. The van der Waals surface area contributed by atoms with E-state index in [1.807, 2.05) is 12.1 Å². The molecular formula is C25H34FN3O3S. The van der Waals surface area contributed by atoms with Gasteiger partial charge in [-0.2, -0.15) is 0 Å². The standard InChI is InChI=1S/C25H34FN3O3S/c1-25(2,3)20-6-10-23(11-7-20)33(31,32)27-15-12-24(30)28-22-13-16-29(17-14-22)18-19-4-8-21(26)9-5-19/h4-11,22,27H,12-18H2,1-3H3,(H,28,30). The molecule has 2 aromatic carbocycles. The van der Waals surface area contributed by atoms with E-state index in [1.165, 1.54) is 12.1 Å². The van der Waals surface area contributed by atoms with Gasteiger partial charge in [-0.05, 0) is 53.6 Å². The Morgan fingerprint density at radius 2 is 1.64 bits per heavy atom. The van der Waals surface area contributed by atoms with Crippen molar-refractivity contribution in [3.05, 3.63) is 65.5 Å². The summed E-state index contributed by atoms with van der Waals surface area (Å²) < 4.78 is 40.6. The molecule has 3 rings (SSSR count). The minimum Gasteiger partial charge on any atom is -0.353 e. The van der Waals surface area contributed by atoms with Gasteiger partial charge in [0.25, 0.3) is 0 Å². The van der Waals surface area contributed by atoms with Crippen molar-refractivity contribution in [2.75, 3.05) is 19.6 Å². The highest BCUT2D eigenvalue weighted by molar-refractivity contribution is 7.89. The number of carbonyl (C=O) groups is 1. The van der Waals surface area contributed by atoms with Crippen LogP contribution < -0.4 is 10.0 Å². The average molecular weight is 476 g/mol. The molecule has 1 saturated heterocycles. The molecule has 0 aliphatic carbocycles. The monoisotopic (exact) mass is 475 g/mol. The number of likely N-dealkylation sites (tertiary alicyclic amines) is 1. The molecule has 0 radical (unpaired) electrons. The van der Waals surface area contributed by atoms with E-state index in [-0.39, 0.29) is 41.0 Å². The summed E-state index contributed by atoms with van der Waals surface area (Å²) in [5.41, 5.74) is 2.08. The first-order valence-electron chi connectivity index (χ1n) is 11.4. The maximum absolute atomic E-state index is 13.0. The molecule has 0 aromatic heterocycles. The number of nitrogens with one attached hydrogen (secondary N) is 2. The van der Waals surface area contributed by atoms with Gasteiger partial charge in [-0.3, -0.25) is 9.69 Å². The molecule has 2 N–H and O–H groups in total. The molecule has 1 aliphatic rings. The van der Waals surface area contributed by atoms with Gasteiger partial charge in [0, 0.05) is 38.6 Å². The second-order valence-corrected chi connectivity index (χ2v) is 11.4. The zero-order chi connectivity index (χ0) is 24.1. The van der Waals surface area contributed by atoms with E-state index in [2.05, 4.69) is 35.7 Å². The number of halogens is 1. The summed E-state index contributed by atoms with van der Waals surface area (Å²) in [7, 11) is -3.65. The van der Waals surface area contributed by atoms with Gasteiger partial charge in [0.15, 0.2) is 0 Å². The quantitative estimate of drug-likeness (QED) is 0.612. The second-order valence-electron chi connectivity index (χ2n) is 9.67. The summed E-state index contributed by atoms with van der Waals surface area (Å²) in [5, 5.41) is 3.01. The Morgan fingerprint density at radius 1 is 1.03 bits per heavy atom. The Balaban J connectivity index is 1.38. The van der Waals surface area contributed by atoms with Crippen molar-refractivity contribution in [2.45, 2.75) is 62.9 Å². The highest BCUT2D eigenvalue weighted by Crippen LogP contribution is 2.23. The Kier molecular flexibility index (Phi) is 8.26. The SMILES string of the molecule is CC(C)(C)c1ccc(S(=O)(=O)NCCC(=O)NC2CCN(Cc3ccc(F)cc3)CC2)cc1. The van der Waals surface area contributed by atoms with Crippen LogP contribution in [-0.4, -0.2) is 44.9 Å². The fourth-order valence-corrected chi connectivity index (χ4v) is 4.93. The molecule has 0 bridgehead atoms. The van der Waals surface area contributed by atoms with E-state index in [1.54, 1.807) is 24.3 Å². The van der Waals surface area contributed by atoms with Crippen LogP contribution in [0.1, 0.15) is 51.2 Å². The first-order valence-corrected chi connectivity index (χ1v) is 12.9. The highest BCUT2D eigenvalue weighted by atomic mass is 32.2. The second kappa shape index (κ2) is 10.8. The molecule has 6 nitrogen and oxygen atoms in total. The third kappa shape index (κ3) is 7.62. The normalized spacial score (nSPS) is 16.0. The van der Waals surface area contributed by atoms with E-state index in [0.29, 0.717) is 0 Å². The Labute approximate surface area is 196 Å². The Morgan fingerprint density at radius 3 is 2.21 bits per heavy atom. The third-order valence-electron chi connectivity index (χ3n) is 5.95. The molecule has 1 aliphatic heterocycles. The molecule has 33 heavy (non-hydrogen) atoms. The predicted molar refractivity (Wildman–Crippen MR) is 128 cm³/mol. The molecule has 0 saturated carbocycles. The summed E-state index contributed by atoms with van der Waals surface area (Å²) in [4.78, 5) is 14.8. The molecule has 1 fully saturated rings. The predicted octanol–water partition coefficient (Wildman–Crippen LogP) is 3.57. The summed E-state index contributed by atoms with van der Waals surface area (Å²) in [6.45, 7) is 8.73. The molecule has 2 aromatic rings. The van der Waals surface area contributed by atoms with Crippen molar-refractivity contribution in [3.63, 3.8) is 0 Å². The lowest BCUT2D eigenvalue weighted by Crippen LogP contribution is -2.45. The number of sulfonamides is 1. The molecule has 1 heterocycles. The van der Waals surface area contributed by atoms with Crippen molar-refractivity contribution < 1.29 is 17.6 Å². The highest BCUT2D eigenvalue weighted by Gasteiger charge is 2.21. The molecule has 1 amide bonds. The van der Waals surface area contributed by atoms with Gasteiger partial charge in [-0.1, -0.05) is 45.0 Å². The lowest BCUT2D eigenvalue weighted by molar-refractivity contribution is -0.121. The zero-order valence-corrected chi connectivity index (χ0v) is 20.4. The molecule has 0 unspecified atom stereocenters. The number of hydrogen-bond acceptors (Lipinski definition) is 4. The smallest absolute Gasteiger partial charge is 0.240 e. The number of benzene rings is 2. The van der Waals surface area contributed by atoms with Crippen LogP contribution in [0.2, 0.25) is 0 Å². The summed E-state index contributed by atoms with van der Waals surface area (Å²) in [6.07, 6.45) is 1.76. The minimum atomic E-state index is -3.65. The van der Waals surface area contributed by atoms with E-state index < -0.39 is 10.0 Å². The van der Waals surface area contributed by atoms with Gasteiger partial charge >= 0.3 is 0 Å². The fraction of sp³-hybridized carbons (Fsp3) is 0.480. The third-order valence-corrected chi connectivity index (χ3v) is 7.42. The number of hydrogen-bond donors (Lipinski definition) is 2. The van der Waals surface area contributed by atoms with Crippen LogP contribution in [0.5, 0.6) is 0 Å². The molecule has 0 spiro atoms. The number of piperidine rings is 1. The molecule has 8 heteroatoms. The van der Waals surface area contributed by atoms with Gasteiger partial charge in [0.1, 0.15) is 5.82 Å². The zero-order valence-electron chi connectivity index (χ0n) is 19.6. The van der Waals surface area contributed by atoms with Gasteiger partial charge < -0.3 is 5.32 Å². The van der Waals surface area contributed by atoms with Crippen LogP contribution >= 0.6 is 0 Å². The van der Waals surface area contributed by atoms with Crippen LogP contribution in [0, 0.1) is 5.82 Å². The van der Waals surface area contributed by atoms with Gasteiger partial charge in [0.2, 0.25) is 15.9 Å². The summed E-state index contributed by atoms with van der Waals surface area (Å²) in [5.74, 6) is -0.390. The van der Waals surface area contributed by atoms with Crippen molar-refractivity contribution in [1.29, 1.82) is 0 Å². The number of carbonyl (C=O) groups excluding carboxylic acids is 1. The van der Waals surface area contributed by atoms with Crippen molar-refractivity contribution in [1.82, 2.24) is 14.9 Å². The summed E-state index contributed by atoms with van der Waals surface area (Å²) in [6, 6.07) is 13.5. The van der Waals surface area contributed by atoms with Crippen LogP contribution in [0.15, 0.2) is 53.4 Å². The fourth-order valence-electron chi connectivity index (χ4n) is 3.90. The van der Waals surface area contributed by atoms with E-state index >= 15 is 0 Å². The van der Waals surface area contributed by atoms with Crippen molar-refractivity contribution >= 4 is 15.9 Å². The minimum absolute atomic E-state index is 0.0507. The lowest BCUT2D eigenvalue weighted by atomic mass is 9.87. The topological polar surface area (TPSA) is 78.5 Å². The summed E-state index contributed by atoms with van der Waals surface area (Å²) >= 11 is 0. The molecule has 0 atom stereocenters. The van der Waals surface area contributed by atoms with Crippen LogP contribution in [0.4, 0.5) is 4.39 Å². The van der Waals surface area contributed by atoms with E-state index in [0.717, 1.165) is 43.6 Å². The first kappa shape index (κ1) is 25.3. The largest absolute Gasteiger partial charge is 0.353 e. The number of rotatable bonds is 8. The lowest BCUT2D eigenvalue weighted by Gasteiger charge is -2.32. The van der Waals surface area contributed by atoms with E-state index in [4.69, 9.17) is 0 Å². The van der Waals surface area contributed by atoms with Gasteiger partial charge in [-0.15, -0.1) is 0 Å². The van der Waals surface area contributed by atoms with Crippen molar-refractivity contribution in [3.8, 4) is 0 Å². The first-order chi connectivity index (χ1) is 15.5. The van der Waals surface area contributed by atoms with Crippen LogP contribution in [0.3, 0.4) is 0 Å². The van der Waals surface area contributed by atoms with Crippen LogP contribution in [-0.2, 0) is 26.8 Å². The average Bonchev–Trinajstić information content (AvgIpc) is 2.76. The van der Waals surface area contributed by atoms with Gasteiger partial charge in [-0.25, -0.2) is 17.5 Å². The maximum Gasteiger partial charge on any atom is 0.240 e. The van der Waals surface area contributed by atoms with Crippen LogP contribution in [0.25, 0.3) is 0 Å². The maximum atomic E-state index is 13.0. The molecular weight excluding hydrogens is 441 g/mol. The van der Waals surface area contributed by atoms with Crippen molar-refractivity contribution in [2.24, 2.45) is 0 Å².